The van der Waals surface area contributed by atoms with Gasteiger partial charge in [0.25, 0.3) is 0 Å². The highest BCUT2D eigenvalue weighted by Gasteiger charge is 2.29. The third-order valence-corrected chi connectivity index (χ3v) is 4.00. The van der Waals surface area contributed by atoms with Crippen LogP contribution in [0.2, 0.25) is 0 Å². The number of hydrogen-bond donors (Lipinski definition) is 1. The summed E-state index contributed by atoms with van der Waals surface area (Å²) in [6, 6.07) is 3.63. The molecule has 0 aromatic carbocycles. The van der Waals surface area contributed by atoms with Crippen LogP contribution in [-0.4, -0.2) is 43.0 Å². The zero-order chi connectivity index (χ0) is 15.5. The third-order valence-electron chi connectivity index (χ3n) is 4.00. The Labute approximate surface area is 127 Å². The Balaban J connectivity index is 1.82. The number of likely N-dealkylation sites (tertiary alicyclic amines) is 1. The average Bonchev–Trinajstić information content (AvgIpc) is 3.00. The average molecular weight is 302 g/mol. The molecule has 0 saturated carbocycles. The molecule has 2 aromatic heterocycles. The van der Waals surface area contributed by atoms with E-state index in [0.29, 0.717) is 6.54 Å². The van der Waals surface area contributed by atoms with E-state index < -0.39 is 5.97 Å². The minimum atomic E-state index is -0.944. The smallest absolute Gasteiger partial charge is 0.303 e. The Morgan fingerprint density at radius 1 is 1.27 bits per heavy atom. The monoisotopic (exact) mass is 302 g/mol. The Kier molecular flexibility index (Phi) is 4.04. The van der Waals surface area contributed by atoms with Gasteiger partial charge in [-0.05, 0) is 25.3 Å². The highest BCUT2D eigenvalue weighted by atomic mass is 16.4. The summed E-state index contributed by atoms with van der Waals surface area (Å²) in [4.78, 5) is 29.3. The number of nitrogens with zero attached hydrogens (tertiary/aromatic N) is 4. The fraction of sp³-hybridized carbons (Fsp3) is 0.467. The number of aromatic nitrogens is 3. The van der Waals surface area contributed by atoms with E-state index in [-0.39, 0.29) is 24.8 Å². The molecule has 2 aromatic rings. The van der Waals surface area contributed by atoms with Gasteiger partial charge in [-0.15, -0.1) is 0 Å². The Morgan fingerprint density at radius 3 is 2.95 bits per heavy atom. The standard InChI is InChI=1S/C15H18N4O3/c20-14(4-5-15(21)22)18-9-2-1-3-12(18)11-7-10-19-13(17-11)6-8-16-19/h6-8,10,12H,1-5,9H2,(H,21,22). The molecule has 1 amide bonds. The normalized spacial score (nSPS) is 18.5. The van der Waals surface area contributed by atoms with E-state index in [1.165, 1.54) is 0 Å². The molecule has 116 valence electrons. The number of rotatable bonds is 4. The predicted molar refractivity (Wildman–Crippen MR) is 78.2 cm³/mol. The summed E-state index contributed by atoms with van der Waals surface area (Å²) >= 11 is 0. The highest BCUT2D eigenvalue weighted by molar-refractivity contribution is 5.81. The molecule has 1 aliphatic rings. The van der Waals surface area contributed by atoms with Gasteiger partial charge in [0.15, 0.2) is 5.65 Å². The van der Waals surface area contributed by atoms with E-state index in [2.05, 4.69) is 10.1 Å². The van der Waals surface area contributed by atoms with E-state index in [0.717, 1.165) is 30.6 Å². The lowest BCUT2D eigenvalue weighted by molar-refractivity contribution is -0.142. The van der Waals surface area contributed by atoms with Crippen molar-refractivity contribution < 1.29 is 14.7 Å². The molecule has 1 aliphatic heterocycles. The lowest BCUT2D eigenvalue weighted by Gasteiger charge is -2.35. The molecule has 1 atom stereocenters. The number of hydrogen-bond acceptors (Lipinski definition) is 4. The van der Waals surface area contributed by atoms with Crippen molar-refractivity contribution in [3.8, 4) is 0 Å². The largest absolute Gasteiger partial charge is 0.481 e. The first-order valence-electron chi connectivity index (χ1n) is 7.47. The third kappa shape index (κ3) is 2.93. The van der Waals surface area contributed by atoms with E-state index in [1.54, 1.807) is 15.6 Å². The maximum Gasteiger partial charge on any atom is 0.303 e. The quantitative estimate of drug-likeness (QED) is 0.927. The van der Waals surface area contributed by atoms with Crippen molar-refractivity contribution in [3.63, 3.8) is 0 Å². The lowest BCUT2D eigenvalue weighted by atomic mass is 9.98. The van der Waals surface area contributed by atoms with Crippen LogP contribution in [0.3, 0.4) is 0 Å². The minimum Gasteiger partial charge on any atom is -0.481 e. The van der Waals surface area contributed by atoms with Crippen LogP contribution in [0.25, 0.3) is 5.65 Å². The molecular weight excluding hydrogens is 284 g/mol. The Hall–Kier alpha value is -2.44. The molecule has 1 unspecified atom stereocenters. The molecule has 1 fully saturated rings. The summed E-state index contributed by atoms with van der Waals surface area (Å²) in [5.74, 6) is -1.05. The maximum absolute atomic E-state index is 12.3. The van der Waals surface area contributed by atoms with Gasteiger partial charge in [-0.25, -0.2) is 9.50 Å². The van der Waals surface area contributed by atoms with E-state index in [9.17, 15) is 9.59 Å². The molecule has 3 heterocycles. The number of aliphatic carboxylic acids is 1. The molecule has 7 heteroatoms. The molecule has 22 heavy (non-hydrogen) atoms. The molecule has 3 rings (SSSR count). The van der Waals surface area contributed by atoms with E-state index in [1.807, 2.05) is 18.3 Å². The van der Waals surface area contributed by atoms with Crippen LogP contribution >= 0.6 is 0 Å². The van der Waals surface area contributed by atoms with Crippen LogP contribution in [0, 0.1) is 0 Å². The van der Waals surface area contributed by atoms with Crippen LogP contribution in [0.15, 0.2) is 24.5 Å². The number of carbonyl (C=O) groups is 2. The first-order valence-corrected chi connectivity index (χ1v) is 7.47. The Morgan fingerprint density at radius 2 is 2.14 bits per heavy atom. The van der Waals surface area contributed by atoms with Crippen LogP contribution < -0.4 is 0 Å². The van der Waals surface area contributed by atoms with Gasteiger partial charge >= 0.3 is 5.97 Å². The van der Waals surface area contributed by atoms with Crippen LogP contribution in [-0.2, 0) is 9.59 Å². The second-order valence-electron chi connectivity index (χ2n) is 5.48. The molecular formula is C15H18N4O3. The summed E-state index contributed by atoms with van der Waals surface area (Å²) in [6.07, 6.45) is 6.28. The summed E-state index contributed by atoms with van der Waals surface area (Å²) in [6.45, 7) is 0.662. The molecule has 7 nitrogen and oxygen atoms in total. The Bertz CT molecular complexity index is 697. The van der Waals surface area contributed by atoms with Crippen molar-refractivity contribution in [2.75, 3.05) is 6.54 Å². The van der Waals surface area contributed by atoms with Crippen molar-refractivity contribution in [3.05, 3.63) is 30.2 Å². The van der Waals surface area contributed by atoms with Crippen LogP contribution in [0.1, 0.15) is 43.8 Å². The molecule has 1 N–H and O–H groups in total. The van der Waals surface area contributed by atoms with Gasteiger partial charge in [0.05, 0.1) is 24.4 Å². The SMILES string of the molecule is O=C(O)CCC(=O)N1CCCCC1c1ccn2nccc2n1. The van der Waals surface area contributed by atoms with Gasteiger partial charge in [-0.3, -0.25) is 9.59 Å². The second kappa shape index (κ2) is 6.13. The topological polar surface area (TPSA) is 87.8 Å². The summed E-state index contributed by atoms with van der Waals surface area (Å²) in [5, 5.41) is 12.9. The number of fused-ring (bicyclic) bond motifs is 1. The zero-order valence-electron chi connectivity index (χ0n) is 12.2. The second-order valence-corrected chi connectivity index (χ2v) is 5.48. The summed E-state index contributed by atoms with van der Waals surface area (Å²) in [7, 11) is 0. The summed E-state index contributed by atoms with van der Waals surface area (Å²) < 4.78 is 1.68. The minimum absolute atomic E-state index is 0.0424. The van der Waals surface area contributed by atoms with E-state index >= 15 is 0 Å². The number of carboxylic acid groups (broad SMARTS) is 1. The number of carbonyl (C=O) groups excluding carboxylic acids is 1. The van der Waals surface area contributed by atoms with E-state index in [4.69, 9.17) is 5.11 Å². The van der Waals surface area contributed by atoms with Crippen molar-refractivity contribution in [2.45, 2.75) is 38.1 Å². The molecule has 0 spiro atoms. The first kappa shape index (κ1) is 14.5. The molecule has 0 bridgehead atoms. The molecule has 0 radical (unpaired) electrons. The van der Waals surface area contributed by atoms with Gasteiger partial charge in [0, 0.05) is 25.2 Å². The van der Waals surface area contributed by atoms with Gasteiger partial charge in [-0.2, -0.15) is 5.10 Å². The van der Waals surface area contributed by atoms with Crippen LogP contribution in [0.5, 0.6) is 0 Å². The van der Waals surface area contributed by atoms with Crippen molar-refractivity contribution >= 4 is 17.5 Å². The fourth-order valence-corrected chi connectivity index (χ4v) is 2.91. The van der Waals surface area contributed by atoms with Gasteiger partial charge in [0.2, 0.25) is 5.91 Å². The molecule has 0 aliphatic carbocycles. The van der Waals surface area contributed by atoms with Crippen LogP contribution in [0.4, 0.5) is 0 Å². The van der Waals surface area contributed by atoms with Crippen molar-refractivity contribution in [1.82, 2.24) is 19.5 Å². The van der Waals surface area contributed by atoms with Gasteiger partial charge in [-0.1, -0.05) is 0 Å². The fourth-order valence-electron chi connectivity index (χ4n) is 2.91. The van der Waals surface area contributed by atoms with Crippen molar-refractivity contribution in [1.29, 1.82) is 0 Å². The predicted octanol–water partition coefficient (Wildman–Crippen LogP) is 1.65. The van der Waals surface area contributed by atoms with Gasteiger partial charge < -0.3 is 10.0 Å². The number of amides is 1. The first-order chi connectivity index (χ1) is 10.6. The summed E-state index contributed by atoms with van der Waals surface area (Å²) in [5.41, 5.74) is 1.59. The lowest BCUT2D eigenvalue weighted by Crippen LogP contribution is -2.39. The molecule has 1 saturated heterocycles. The van der Waals surface area contributed by atoms with Gasteiger partial charge in [0.1, 0.15) is 0 Å². The number of carboxylic acids is 1. The number of piperidine rings is 1. The highest BCUT2D eigenvalue weighted by Crippen LogP contribution is 2.30. The van der Waals surface area contributed by atoms with Crippen molar-refractivity contribution in [2.24, 2.45) is 0 Å². The zero-order valence-corrected chi connectivity index (χ0v) is 12.2. The maximum atomic E-state index is 12.3.